The molecule has 2 heterocycles. The summed E-state index contributed by atoms with van der Waals surface area (Å²) in [6.45, 7) is 6.18. The van der Waals surface area contributed by atoms with Crippen LogP contribution in [0.2, 0.25) is 0 Å². The number of hydrogen-bond acceptors (Lipinski definition) is 3. The molecule has 0 radical (unpaired) electrons. The molecule has 6 aromatic carbocycles. The SMILES string of the molecule is C=C/C=C(\C=C/Cc1cccnc1)N(c1ccc(C(/C=C\C)=C/NC)cc1)c1ccc(-n2c3ccc(-c4ccccc4)cc3c3c(C4=CCCC=C4)ccc(-c4ccccc4)c32)cc1. The Morgan fingerprint density at radius 3 is 2.16 bits per heavy atom. The molecule has 0 bridgehead atoms. The number of rotatable bonds is 14. The van der Waals surface area contributed by atoms with E-state index in [9.17, 15) is 0 Å². The van der Waals surface area contributed by atoms with Crippen molar-refractivity contribution in [2.45, 2.75) is 26.2 Å². The number of anilines is 2. The fourth-order valence-corrected chi connectivity index (χ4v) is 8.85. The minimum atomic E-state index is 0.758. The largest absolute Gasteiger partial charge is 0.393 e. The van der Waals surface area contributed by atoms with E-state index < -0.39 is 0 Å². The maximum atomic E-state index is 4.34. The van der Waals surface area contributed by atoms with Crippen LogP contribution < -0.4 is 10.2 Å². The Morgan fingerprint density at radius 1 is 0.750 bits per heavy atom. The third kappa shape index (κ3) is 8.59. The normalized spacial score (nSPS) is 13.2. The van der Waals surface area contributed by atoms with Gasteiger partial charge in [0.2, 0.25) is 0 Å². The van der Waals surface area contributed by atoms with Crippen LogP contribution in [-0.4, -0.2) is 16.6 Å². The highest BCUT2D eigenvalue weighted by Gasteiger charge is 2.22. The molecular formula is C60H52N4. The van der Waals surface area contributed by atoms with E-state index in [1.54, 1.807) is 0 Å². The van der Waals surface area contributed by atoms with Crippen LogP contribution in [0.15, 0.2) is 237 Å². The van der Waals surface area contributed by atoms with Crippen molar-refractivity contribution in [2.24, 2.45) is 0 Å². The lowest BCUT2D eigenvalue weighted by Gasteiger charge is -2.27. The molecule has 0 saturated carbocycles. The molecule has 2 aromatic heterocycles. The molecule has 4 nitrogen and oxygen atoms in total. The maximum absolute atomic E-state index is 4.34. The summed E-state index contributed by atoms with van der Waals surface area (Å²) in [6, 6.07) is 55.0. The molecule has 0 aliphatic heterocycles. The van der Waals surface area contributed by atoms with Crippen molar-refractivity contribution in [2.75, 3.05) is 11.9 Å². The van der Waals surface area contributed by atoms with Gasteiger partial charge in [-0.15, -0.1) is 0 Å². The van der Waals surface area contributed by atoms with Crippen LogP contribution in [-0.2, 0) is 6.42 Å². The van der Waals surface area contributed by atoms with Crippen molar-refractivity contribution >= 4 is 44.3 Å². The minimum Gasteiger partial charge on any atom is -0.393 e. The second-order valence-electron chi connectivity index (χ2n) is 15.9. The van der Waals surface area contributed by atoms with Gasteiger partial charge >= 0.3 is 0 Å². The second-order valence-corrected chi connectivity index (χ2v) is 15.9. The lowest BCUT2D eigenvalue weighted by molar-refractivity contribution is 1.04. The fraction of sp³-hybridized carbons (Fsp3) is 0.0833. The second kappa shape index (κ2) is 19.4. The Morgan fingerprint density at radius 2 is 1.48 bits per heavy atom. The first kappa shape index (κ1) is 41.4. The van der Waals surface area contributed by atoms with E-state index >= 15 is 0 Å². The summed E-state index contributed by atoms with van der Waals surface area (Å²) in [5, 5.41) is 5.69. The number of nitrogens with one attached hydrogen (secondary N) is 1. The number of nitrogens with zero attached hydrogens (tertiary/aromatic N) is 3. The summed E-state index contributed by atoms with van der Waals surface area (Å²) < 4.78 is 2.48. The number of aromatic nitrogens is 2. The van der Waals surface area contributed by atoms with Gasteiger partial charge in [-0.3, -0.25) is 4.98 Å². The third-order valence-corrected chi connectivity index (χ3v) is 11.8. The number of hydrogen-bond donors (Lipinski definition) is 1. The van der Waals surface area contributed by atoms with Gasteiger partial charge in [-0.25, -0.2) is 0 Å². The van der Waals surface area contributed by atoms with Crippen LogP contribution >= 0.6 is 0 Å². The molecule has 1 aliphatic rings. The highest BCUT2D eigenvalue weighted by Crippen LogP contribution is 2.44. The Labute approximate surface area is 377 Å². The van der Waals surface area contributed by atoms with Crippen LogP contribution in [0, 0.1) is 0 Å². The predicted octanol–water partition coefficient (Wildman–Crippen LogP) is 15.4. The molecular weight excluding hydrogens is 777 g/mol. The van der Waals surface area contributed by atoms with Crippen LogP contribution in [0.25, 0.3) is 60.9 Å². The van der Waals surface area contributed by atoms with Gasteiger partial charge < -0.3 is 14.8 Å². The van der Waals surface area contributed by atoms with Crippen molar-refractivity contribution in [1.82, 2.24) is 14.9 Å². The molecule has 312 valence electrons. The van der Waals surface area contributed by atoms with E-state index in [1.807, 2.05) is 44.7 Å². The molecule has 0 saturated heterocycles. The van der Waals surface area contributed by atoms with E-state index in [1.165, 1.54) is 49.7 Å². The summed E-state index contributed by atoms with van der Waals surface area (Å²) in [5.41, 5.74) is 17.2. The van der Waals surface area contributed by atoms with Gasteiger partial charge in [0.1, 0.15) is 0 Å². The monoisotopic (exact) mass is 828 g/mol. The van der Waals surface area contributed by atoms with E-state index in [4.69, 9.17) is 0 Å². The summed E-state index contributed by atoms with van der Waals surface area (Å²) in [5.74, 6) is 0. The predicted molar refractivity (Wildman–Crippen MR) is 274 cm³/mol. The maximum Gasteiger partial charge on any atom is 0.0625 e. The average molecular weight is 829 g/mol. The molecule has 8 aromatic rings. The molecule has 64 heavy (non-hydrogen) atoms. The van der Waals surface area contributed by atoms with Crippen molar-refractivity contribution < 1.29 is 0 Å². The summed E-state index contributed by atoms with van der Waals surface area (Å²) in [7, 11) is 1.93. The topological polar surface area (TPSA) is 33.1 Å². The molecule has 0 unspecified atom stereocenters. The molecule has 9 rings (SSSR count). The molecule has 1 N–H and O–H groups in total. The van der Waals surface area contributed by atoms with Gasteiger partial charge in [0.05, 0.1) is 11.0 Å². The van der Waals surface area contributed by atoms with E-state index in [0.717, 1.165) is 64.2 Å². The smallest absolute Gasteiger partial charge is 0.0625 e. The molecule has 1 aliphatic carbocycles. The Balaban J connectivity index is 1.23. The molecule has 0 spiro atoms. The van der Waals surface area contributed by atoms with Gasteiger partial charge in [-0.05, 0) is 137 Å². The quantitative estimate of drug-likeness (QED) is 0.111. The zero-order valence-electron chi connectivity index (χ0n) is 36.5. The molecule has 0 fully saturated rings. The van der Waals surface area contributed by atoms with Crippen LogP contribution in [0.4, 0.5) is 11.4 Å². The van der Waals surface area contributed by atoms with Crippen LogP contribution in [0.1, 0.15) is 36.5 Å². The Kier molecular flexibility index (Phi) is 12.6. The van der Waals surface area contributed by atoms with Gasteiger partial charge in [0.15, 0.2) is 0 Å². The lowest BCUT2D eigenvalue weighted by Crippen LogP contribution is -2.15. The molecule has 0 amide bonds. The van der Waals surface area contributed by atoms with E-state index in [-0.39, 0.29) is 0 Å². The first-order valence-corrected chi connectivity index (χ1v) is 22.1. The number of pyridine rings is 1. The zero-order chi connectivity index (χ0) is 43.7. The molecule has 4 heteroatoms. The first-order valence-electron chi connectivity index (χ1n) is 22.1. The van der Waals surface area contributed by atoms with Gasteiger partial charge in [-0.1, -0.05) is 146 Å². The van der Waals surface area contributed by atoms with Gasteiger partial charge in [0.25, 0.3) is 0 Å². The summed E-state index contributed by atoms with van der Waals surface area (Å²) in [6.07, 6.45) is 28.1. The van der Waals surface area contributed by atoms with Crippen LogP contribution in [0.5, 0.6) is 0 Å². The number of allylic oxidation sites excluding steroid dienone is 11. The Hall–Kier alpha value is -7.95. The van der Waals surface area contributed by atoms with Crippen LogP contribution in [0.3, 0.4) is 0 Å². The lowest BCUT2D eigenvalue weighted by atomic mass is 9.91. The third-order valence-electron chi connectivity index (χ3n) is 11.8. The van der Waals surface area contributed by atoms with Crippen molar-refractivity contribution in [3.63, 3.8) is 0 Å². The van der Waals surface area contributed by atoms with E-state index in [2.05, 4.69) is 221 Å². The zero-order valence-corrected chi connectivity index (χ0v) is 36.5. The van der Waals surface area contributed by atoms with Crippen molar-refractivity contribution in [3.05, 3.63) is 254 Å². The van der Waals surface area contributed by atoms with Crippen molar-refractivity contribution in [3.8, 4) is 27.9 Å². The summed E-state index contributed by atoms with van der Waals surface area (Å²) >= 11 is 0. The average Bonchev–Trinajstić information content (AvgIpc) is 3.70. The summed E-state index contributed by atoms with van der Waals surface area (Å²) in [4.78, 5) is 6.64. The standard InChI is InChI=1S/C60H52N4/c1-4-17-50(43-61-3)46-28-31-52(32-29-46)63(51(18-5-2)27-15-19-44-20-16-40-62-42-44)53-33-35-54(36-34-53)64-58-39-30-49(45-21-9-6-10-22-45)41-57(58)59-55(47-23-11-7-12-24-47)37-38-56(60(59)64)48-25-13-8-14-26-48/h4-6,8-11,13-18,20-43,61H,2,7,12,19H2,1,3H3/b17-4-,27-15-,50-43+,51-18+. The molecule has 0 atom stereocenters. The highest BCUT2D eigenvalue weighted by atomic mass is 15.1. The fourth-order valence-electron chi connectivity index (χ4n) is 8.85. The number of benzene rings is 6. The van der Waals surface area contributed by atoms with Gasteiger partial charge in [-0.2, -0.15) is 0 Å². The van der Waals surface area contributed by atoms with Gasteiger partial charge in [0, 0.05) is 64.7 Å². The highest BCUT2D eigenvalue weighted by molar-refractivity contribution is 6.19. The van der Waals surface area contributed by atoms with Crippen molar-refractivity contribution in [1.29, 1.82) is 0 Å². The number of fused-ring (bicyclic) bond motifs is 3. The van der Waals surface area contributed by atoms with E-state index in [0.29, 0.717) is 0 Å². The first-order chi connectivity index (χ1) is 31.6. The minimum absolute atomic E-state index is 0.758. The Bertz CT molecular complexity index is 3090.